The van der Waals surface area contributed by atoms with Crippen LogP contribution in [0.15, 0.2) is 53.5 Å². The molecule has 1 fully saturated rings. The lowest BCUT2D eigenvalue weighted by Crippen LogP contribution is -2.29. The number of carbonyl (C=O) groups is 1. The minimum absolute atomic E-state index is 0.0875. The van der Waals surface area contributed by atoms with Crippen LogP contribution in [-0.2, 0) is 0 Å². The van der Waals surface area contributed by atoms with Gasteiger partial charge >= 0.3 is 0 Å². The molecule has 3 heterocycles. The van der Waals surface area contributed by atoms with Gasteiger partial charge in [-0.3, -0.25) is 4.79 Å². The number of hydrogen-bond acceptors (Lipinski definition) is 4. The summed E-state index contributed by atoms with van der Waals surface area (Å²) >= 11 is 1.68. The molecular weight excluding hydrogens is 308 g/mol. The molecule has 6 heteroatoms. The van der Waals surface area contributed by atoms with Crippen molar-refractivity contribution in [3.8, 4) is 11.1 Å². The van der Waals surface area contributed by atoms with Gasteiger partial charge in [0, 0.05) is 24.8 Å². The highest BCUT2D eigenvalue weighted by molar-refractivity contribution is 7.08. The van der Waals surface area contributed by atoms with Gasteiger partial charge in [-0.1, -0.05) is 17.3 Å². The molecule has 116 valence electrons. The molecule has 1 aromatic carbocycles. The summed E-state index contributed by atoms with van der Waals surface area (Å²) in [5.41, 5.74) is 3.08. The molecule has 1 saturated heterocycles. The van der Waals surface area contributed by atoms with Crippen LogP contribution in [0.1, 0.15) is 22.8 Å². The third-order valence-electron chi connectivity index (χ3n) is 4.25. The second kappa shape index (κ2) is 5.96. The summed E-state index contributed by atoms with van der Waals surface area (Å²) in [4.78, 5) is 14.5. The fourth-order valence-electron chi connectivity index (χ4n) is 2.97. The molecule has 0 bridgehead atoms. The van der Waals surface area contributed by atoms with Gasteiger partial charge in [0.2, 0.25) is 0 Å². The third-order valence-corrected chi connectivity index (χ3v) is 4.94. The number of rotatable bonds is 3. The van der Waals surface area contributed by atoms with Crippen molar-refractivity contribution in [1.29, 1.82) is 0 Å². The number of amides is 1. The lowest BCUT2D eigenvalue weighted by molar-refractivity contribution is 0.0787. The largest absolute Gasteiger partial charge is 0.336 e. The van der Waals surface area contributed by atoms with Crippen LogP contribution in [0.4, 0.5) is 0 Å². The number of thiophene rings is 1. The van der Waals surface area contributed by atoms with E-state index in [2.05, 4.69) is 27.1 Å². The normalized spacial score (nSPS) is 17.6. The van der Waals surface area contributed by atoms with Gasteiger partial charge in [0.05, 0.1) is 12.2 Å². The predicted molar refractivity (Wildman–Crippen MR) is 89.3 cm³/mol. The molecule has 1 atom stereocenters. The first-order valence-corrected chi connectivity index (χ1v) is 8.53. The molecule has 1 aliphatic rings. The highest BCUT2D eigenvalue weighted by Gasteiger charge is 2.28. The molecule has 2 aromatic heterocycles. The number of nitrogens with zero attached hydrogens (tertiary/aromatic N) is 4. The second-order valence-electron chi connectivity index (χ2n) is 5.67. The molecule has 5 nitrogen and oxygen atoms in total. The van der Waals surface area contributed by atoms with E-state index in [0.717, 1.165) is 24.1 Å². The Kier molecular flexibility index (Phi) is 3.67. The quantitative estimate of drug-likeness (QED) is 0.744. The molecule has 0 N–H and O–H groups in total. The van der Waals surface area contributed by atoms with E-state index in [1.807, 2.05) is 40.0 Å². The molecule has 1 amide bonds. The van der Waals surface area contributed by atoms with Crippen LogP contribution >= 0.6 is 11.3 Å². The summed E-state index contributed by atoms with van der Waals surface area (Å²) in [6, 6.07) is 10.2. The van der Waals surface area contributed by atoms with Crippen LogP contribution in [0.25, 0.3) is 11.1 Å². The monoisotopic (exact) mass is 324 g/mol. The molecule has 1 aliphatic heterocycles. The summed E-state index contributed by atoms with van der Waals surface area (Å²) in [6.07, 6.45) is 4.45. The van der Waals surface area contributed by atoms with Crippen molar-refractivity contribution in [3.63, 3.8) is 0 Å². The van der Waals surface area contributed by atoms with Crippen molar-refractivity contribution in [3.05, 3.63) is 59.0 Å². The molecule has 23 heavy (non-hydrogen) atoms. The Morgan fingerprint density at radius 2 is 2.04 bits per heavy atom. The maximum absolute atomic E-state index is 12.6. The number of benzene rings is 1. The van der Waals surface area contributed by atoms with Crippen LogP contribution < -0.4 is 0 Å². The molecule has 0 spiro atoms. The fraction of sp³-hybridized carbons (Fsp3) is 0.235. The fourth-order valence-corrected chi connectivity index (χ4v) is 3.64. The van der Waals surface area contributed by atoms with E-state index in [4.69, 9.17) is 0 Å². The first kappa shape index (κ1) is 14.1. The van der Waals surface area contributed by atoms with E-state index in [9.17, 15) is 4.79 Å². The second-order valence-corrected chi connectivity index (χ2v) is 6.45. The number of likely N-dealkylation sites (tertiary alicyclic amines) is 1. The Bertz CT molecular complexity index is 781. The van der Waals surface area contributed by atoms with Crippen LogP contribution in [0, 0.1) is 0 Å². The average molecular weight is 324 g/mol. The molecule has 0 aliphatic carbocycles. The van der Waals surface area contributed by atoms with E-state index in [1.54, 1.807) is 17.5 Å². The van der Waals surface area contributed by atoms with Crippen LogP contribution in [0.2, 0.25) is 0 Å². The lowest BCUT2D eigenvalue weighted by atomic mass is 10.1. The van der Waals surface area contributed by atoms with Crippen molar-refractivity contribution in [2.24, 2.45) is 0 Å². The molecule has 0 unspecified atom stereocenters. The van der Waals surface area contributed by atoms with E-state index >= 15 is 0 Å². The Morgan fingerprint density at radius 3 is 2.74 bits per heavy atom. The summed E-state index contributed by atoms with van der Waals surface area (Å²) in [6.45, 7) is 1.45. The van der Waals surface area contributed by atoms with E-state index < -0.39 is 0 Å². The average Bonchev–Trinajstić information content (AvgIpc) is 3.36. The van der Waals surface area contributed by atoms with Gasteiger partial charge in [0.25, 0.3) is 5.91 Å². The number of hydrogen-bond donors (Lipinski definition) is 0. The van der Waals surface area contributed by atoms with Crippen molar-refractivity contribution >= 4 is 17.2 Å². The van der Waals surface area contributed by atoms with Gasteiger partial charge in [-0.25, -0.2) is 4.68 Å². The Hall–Kier alpha value is -2.47. The Balaban J connectivity index is 1.47. The number of carbonyl (C=O) groups excluding carboxylic acids is 1. The van der Waals surface area contributed by atoms with Crippen LogP contribution in [0.5, 0.6) is 0 Å². The maximum atomic E-state index is 12.6. The summed E-state index contributed by atoms with van der Waals surface area (Å²) in [7, 11) is 0. The van der Waals surface area contributed by atoms with Crippen LogP contribution in [-0.4, -0.2) is 38.9 Å². The van der Waals surface area contributed by atoms with E-state index in [1.165, 1.54) is 5.56 Å². The first-order valence-electron chi connectivity index (χ1n) is 7.59. The Labute approximate surface area is 138 Å². The zero-order valence-electron chi connectivity index (χ0n) is 12.5. The lowest BCUT2D eigenvalue weighted by Gasteiger charge is -2.16. The van der Waals surface area contributed by atoms with Crippen LogP contribution in [0.3, 0.4) is 0 Å². The van der Waals surface area contributed by atoms with Gasteiger partial charge < -0.3 is 4.90 Å². The van der Waals surface area contributed by atoms with Crippen molar-refractivity contribution in [2.45, 2.75) is 12.5 Å². The predicted octanol–water partition coefficient (Wildman–Crippen LogP) is 3.09. The van der Waals surface area contributed by atoms with Crippen molar-refractivity contribution in [2.75, 3.05) is 13.1 Å². The summed E-state index contributed by atoms with van der Waals surface area (Å²) < 4.78 is 1.84. The van der Waals surface area contributed by atoms with Gasteiger partial charge in [0.1, 0.15) is 0 Å². The molecular formula is C17H16N4OS. The van der Waals surface area contributed by atoms with Gasteiger partial charge in [-0.05, 0) is 46.5 Å². The third kappa shape index (κ3) is 2.77. The molecule has 3 aromatic rings. The first-order chi connectivity index (χ1) is 11.3. The minimum Gasteiger partial charge on any atom is -0.336 e. The zero-order chi connectivity index (χ0) is 15.6. The molecule has 4 rings (SSSR count). The minimum atomic E-state index is 0.0875. The summed E-state index contributed by atoms with van der Waals surface area (Å²) in [5, 5.41) is 12.0. The smallest absolute Gasteiger partial charge is 0.253 e. The SMILES string of the molecule is O=C(c1ccc(-c2ccsc2)cc1)N1CC[C@@H](n2ccnn2)C1. The van der Waals surface area contributed by atoms with Crippen molar-refractivity contribution in [1.82, 2.24) is 19.9 Å². The Morgan fingerprint density at radius 1 is 1.17 bits per heavy atom. The highest BCUT2D eigenvalue weighted by Crippen LogP contribution is 2.25. The summed E-state index contributed by atoms with van der Waals surface area (Å²) in [5.74, 6) is 0.0875. The van der Waals surface area contributed by atoms with E-state index in [0.29, 0.717) is 6.54 Å². The maximum Gasteiger partial charge on any atom is 0.253 e. The van der Waals surface area contributed by atoms with Gasteiger partial charge in [-0.15, -0.1) is 5.10 Å². The molecule has 0 radical (unpaired) electrons. The van der Waals surface area contributed by atoms with E-state index in [-0.39, 0.29) is 11.9 Å². The number of aromatic nitrogens is 3. The topological polar surface area (TPSA) is 51.0 Å². The van der Waals surface area contributed by atoms with Crippen molar-refractivity contribution < 1.29 is 4.79 Å². The van der Waals surface area contributed by atoms with Gasteiger partial charge in [-0.2, -0.15) is 11.3 Å². The standard InChI is InChI=1S/C17H16N4OS/c22-17(20-8-5-16(11-20)21-9-7-18-19-21)14-3-1-13(2-4-14)15-6-10-23-12-15/h1-4,6-7,9-10,12,16H,5,8,11H2/t16-/m1/s1. The van der Waals surface area contributed by atoms with Gasteiger partial charge in [0.15, 0.2) is 0 Å². The molecule has 0 saturated carbocycles. The zero-order valence-corrected chi connectivity index (χ0v) is 13.3. The highest BCUT2D eigenvalue weighted by atomic mass is 32.1.